The van der Waals surface area contributed by atoms with Gasteiger partial charge in [0.15, 0.2) is 5.82 Å². The minimum atomic E-state index is -2.78. The van der Waals surface area contributed by atoms with Gasteiger partial charge in [-0.25, -0.2) is 18.6 Å². The van der Waals surface area contributed by atoms with Gasteiger partial charge in [0.1, 0.15) is 11.6 Å². The van der Waals surface area contributed by atoms with Gasteiger partial charge in [0.25, 0.3) is 6.43 Å². The van der Waals surface area contributed by atoms with Crippen molar-refractivity contribution in [2.75, 3.05) is 43.1 Å². The van der Waals surface area contributed by atoms with E-state index in [-0.39, 0.29) is 17.9 Å². The molecule has 2 fully saturated rings. The number of benzene rings is 1. The number of hydrogen-bond donors (Lipinski definition) is 2. The van der Waals surface area contributed by atoms with Crippen LogP contribution in [0.4, 0.5) is 25.3 Å². The van der Waals surface area contributed by atoms with E-state index in [1.165, 1.54) is 4.57 Å². The molecule has 1 aliphatic heterocycles. The van der Waals surface area contributed by atoms with Crippen molar-refractivity contribution >= 4 is 28.9 Å². The topological polar surface area (TPSA) is 106 Å². The molecule has 37 heavy (non-hydrogen) atoms. The molecular formula is C25H31F2N7O3. The minimum Gasteiger partial charge on any atom is -0.450 e. The molecule has 10 nitrogen and oxygen atoms in total. The molecule has 0 spiro atoms. The van der Waals surface area contributed by atoms with Gasteiger partial charge < -0.3 is 25.0 Å². The Kier molecular flexibility index (Phi) is 7.63. The molecule has 1 aromatic carbocycles. The number of amides is 1. The summed E-state index contributed by atoms with van der Waals surface area (Å²) in [5, 5.41) is 6.27. The van der Waals surface area contributed by atoms with Gasteiger partial charge in [0.2, 0.25) is 5.95 Å². The first-order chi connectivity index (χ1) is 18.0. The standard InChI is InChI=1S/C25H31F2N7O3/c1-2-3-10-37-25(35)29-17-13-16(14-17)28-20-15-21(32-24(31-20)33-8-11-36-12-9-33)34-19-7-5-4-6-18(19)30-23(34)22(26)27/h4-7,15-17,22H,2-3,8-14H2,1H3,(H,29,35)(H,28,31,32)/t16-,17-. The summed E-state index contributed by atoms with van der Waals surface area (Å²) in [6.07, 6.45) is 0.0209. The highest BCUT2D eigenvalue weighted by Gasteiger charge is 2.31. The van der Waals surface area contributed by atoms with Crippen LogP contribution < -0.4 is 15.5 Å². The Balaban J connectivity index is 1.38. The SMILES string of the molecule is CCCCOC(=O)N[C@H]1C[C@H](Nc2cc(-n3c(C(F)F)nc4ccccc43)nc(N3CCOCC3)n2)C1. The number of alkyl carbamates (subject to hydrolysis) is 1. The summed E-state index contributed by atoms with van der Waals surface area (Å²) in [6, 6.07) is 8.75. The number of nitrogens with zero attached hydrogens (tertiary/aromatic N) is 5. The summed E-state index contributed by atoms with van der Waals surface area (Å²) in [4.78, 5) is 27.4. The lowest BCUT2D eigenvalue weighted by atomic mass is 9.87. The van der Waals surface area contributed by atoms with E-state index in [9.17, 15) is 13.6 Å². The van der Waals surface area contributed by atoms with E-state index in [0.717, 1.165) is 12.8 Å². The van der Waals surface area contributed by atoms with Crippen LogP contribution in [-0.4, -0.2) is 70.6 Å². The van der Waals surface area contributed by atoms with Gasteiger partial charge in [0.05, 0.1) is 30.9 Å². The summed E-state index contributed by atoms with van der Waals surface area (Å²) in [7, 11) is 0. The lowest BCUT2D eigenvalue weighted by molar-refractivity contribution is 0.122. The summed E-state index contributed by atoms with van der Waals surface area (Å²) in [6.45, 7) is 4.73. The van der Waals surface area contributed by atoms with E-state index < -0.39 is 12.5 Å². The second-order valence-electron chi connectivity index (χ2n) is 9.25. The zero-order valence-electron chi connectivity index (χ0n) is 20.7. The Labute approximate surface area is 213 Å². The molecule has 2 aromatic heterocycles. The number of alkyl halides is 2. The smallest absolute Gasteiger partial charge is 0.407 e. The van der Waals surface area contributed by atoms with Crippen molar-refractivity contribution in [3.8, 4) is 5.82 Å². The van der Waals surface area contributed by atoms with Crippen molar-refractivity contribution in [1.29, 1.82) is 0 Å². The van der Waals surface area contributed by atoms with Crippen LogP contribution in [-0.2, 0) is 9.47 Å². The lowest BCUT2D eigenvalue weighted by Gasteiger charge is -2.36. The molecule has 0 radical (unpaired) electrons. The van der Waals surface area contributed by atoms with Crippen LogP contribution in [0.2, 0.25) is 0 Å². The Bertz CT molecular complexity index is 1230. The summed E-state index contributed by atoms with van der Waals surface area (Å²) in [5.41, 5.74) is 1.02. The molecule has 3 heterocycles. The Morgan fingerprint density at radius 2 is 1.95 bits per heavy atom. The van der Waals surface area contributed by atoms with Gasteiger partial charge in [-0.05, 0) is 31.4 Å². The molecular weight excluding hydrogens is 484 g/mol. The van der Waals surface area contributed by atoms with E-state index in [0.29, 0.717) is 74.4 Å². The monoisotopic (exact) mass is 515 g/mol. The molecule has 0 unspecified atom stereocenters. The van der Waals surface area contributed by atoms with Crippen LogP contribution in [0.5, 0.6) is 0 Å². The van der Waals surface area contributed by atoms with E-state index in [1.807, 2.05) is 11.8 Å². The molecule has 1 saturated carbocycles. The van der Waals surface area contributed by atoms with Gasteiger partial charge in [-0.3, -0.25) is 4.57 Å². The lowest BCUT2D eigenvalue weighted by Crippen LogP contribution is -2.50. The van der Waals surface area contributed by atoms with Crippen molar-refractivity contribution in [2.24, 2.45) is 0 Å². The molecule has 1 aliphatic carbocycles. The van der Waals surface area contributed by atoms with E-state index in [1.54, 1.807) is 30.3 Å². The Hall–Kier alpha value is -3.54. The van der Waals surface area contributed by atoms with E-state index in [2.05, 4.69) is 20.6 Å². The van der Waals surface area contributed by atoms with Crippen molar-refractivity contribution < 1.29 is 23.0 Å². The first kappa shape index (κ1) is 25.1. The number of aromatic nitrogens is 4. The fraction of sp³-hybridized carbons (Fsp3) is 0.520. The van der Waals surface area contributed by atoms with E-state index in [4.69, 9.17) is 14.5 Å². The van der Waals surface area contributed by atoms with E-state index >= 15 is 0 Å². The molecule has 5 rings (SSSR count). The van der Waals surface area contributed by atoms with Crippen LogP contribution in [0, 0.1) is 0 Å². The largest absolute Gasteiger partial charge is 0.450 e. The molecule has 1 saturated heterocycles. The number of anilines is 2. The maximum atomic E-state index is 14.0. The average molecular weight is 516 g/mol. The van der Waals surface area contributed by atoms with Gasteiger partial charge in [0, 0.05) is 31.2 Å². The van der Waals surface area contributed by atoms with Crippen molar-refractivity contribution in [1.82, 2.24) is 24.8 Å². The first-order valence-corrected chi connectivity index (χ1v) is 12.7. The molecule has 2 N–H and O–H groups in total. The number of para-hydroxylation sites is 2. The van der Waals surface area contributed by atoms with Crippen LogP contribution in [0.1, 0.15) is 44.9 Å². The first-order valence-electron chi connectivity index (χ1n) is 12.7. The predicted molar refractivity (Wildman–Crippen MR) is 134 cm³/mol. The maximum absolute atomic E-state index is 14.0. The summed E-state index contributed by atoms with van der Waals surface area (Å²) in [5.74, 6) is 0.915. The number of nitrogens with one attached hydrogen (secondary N) is 2. The van der Waals surface area contributed by atoms with Crippen molar-refractivity contribution in [2.45, 2.75) is 51.1 Å². The third-order valence-corrected chi connectivity index (χ3v) is 6.55. The molecule has 12 heteroatoms. The number of unbranched alkanes of at least 4 members (excludes halogenated alkanes) is 1. The second-order valence-corrected chi connectivity index (χ2v) is 9.25. The fourth-order valence-electron chi connectivity index (χ4n) is 4.53. The average Bonchev–Trinajstić information content (AvgIpc) is 3.28. The van der Waals surface area contributed by atoms with Crippen molar-refractivity contribution in [3.05, 3.63) is 36.2 Å². The fourth-order valence-corrected chi connectivity index (χ4v) is 4.53. The highest BCUT2D eigenvalue weighted by molar-refractivity contribution is 5.78. The number of morpholine rings is 1. The third kappa shape index (κ3) is 5.74. The predicted octanol–water partition coefficient (Wildman–Crippen LogP) is 4.06. The molecule has 0 bridgehead atoms. The van der Waals surface area contributed by atoms with Gasteiger partial charge in [-0.2, -0.15) is 9.97 Å². The van der Waals surface area contributed by atoms with Crippen LogP contribution in [0.15, 0.2) is 30.3 Å². The second kappa shape index (κ2) is 11.2. The number of halogens is 2. The van der Waals surface area contributed by atoms with Gasteiger partial charge in [-0.15, -0.1) is 0 Å². The molecule has 1 amide bonds. The Morgan fingerprint density at radius 1 is 1.16 bits per heavy atom. The van der Waals surface area contributed by atoms with Crippen LogP contribution in [0.25, 0.3) is 16.9 Å². The van der Waals surface area contributed by atoms with Gasteiger partial charge >= 0.3 is 6.09 Å². The highest BCUT2D eigenvalue weighted by atomic mass is 19.3. The third-order valence-electron chi connectivity index (χ3n) is 6.55. The number of carbonyl (C=O) groups excluding carboxylic acids is 1. The number of hydrogen-bond acceptors (Lipinski definition) is 8. The maximum Gasteiger partial charge on any atom is 0.407 e. The molecule has 2 aliphatic rings. The number of rotatable bonds is 9. The Morgan fingerprint density at radius 3 is 2.70 bits per heavy atom. The summed E-state index contributed by atoms with van der Waals surface area (Å²) < 4.78 is 40.0. The normalized spacial score (nSPS) is 19.6. The number of carbonyl (C=O) groups is 1. The number of fused-ring (bicyclic) bond motifs is 1. The number of imidazole rings is 1. The molecule has 0 atom stereocenters. The number of ether oxygens (including phenoxy) is 2. The quantitative estimate of drug-likeness (QED) is 0.411. The zero-order valence-corrected chi connectivity index (χ0v) is 20.7. The van der Waals surface area contributed by atoms with Crippen molar-refractivity contribution in [3.63, 3.8) is 0 Å². The van der Waals surface area contributed by atoms with Gasteiger partial charge in [-0.1, -0.05) is 25.5 Å². The highest BCUT2D eigenvalue weighted by Crippen LogP contribution is 2.30. The van der Waals surface area contributed by atoms with Crippen LogP contribution >= 0.6 is 0 Å². The van der Waals surface area contributed by atoms with Crippen LogP contribution in [0.3, 0.4) is 0 Å². The molecule has 198 valence electrons. The zero-order chi connectivity index (χ0) is 25.8. The summed E-state index contributed by atoms with van der Waals surface area (Å²) >= 11 is 0. The molecule has 3 aromatic rings. The minimum absolute atomic E-state index is 0.00896.